The SMILES string of the molecule is Cc1c(O)ccc(N=Nc2ccc(N=Nc3ccccc3)cc2)c1C. The van der Waals surface area contributed by atoms with Crippen molar-refractivity contribution in [3.8, 4) is 5.75 Å². The molecule has 124 valence electrons. The molecule has 0 saturated heterocycles. The van der Waals surface area contributed by atoms with Gasteiger partial charge in [-0.2, -0.15) is 20.5 Å². The number of phenols is 1. The highest BCUT2D eigenvalue weighted by Crippen LogP contribution is 2.30. The molecule has 0 fully saturated rings. The Morgan fingerprint density at radius 2 is 1.08 bits per heavy atom. The number of hydrogen-bond acceptors (Lipinski definition) is 5. The third-order valence-electron chi connectivity index (χ3n) is 3.89. The van der Waals surface area contributed by atoms with Crippen LogP contribution in [-0.4, -0.2) is 5.11 Å². The van der Waals surface area contributed by atoms with E-state index in [2.05, 4.69) is 20.5 Å². The number of nitrogens with zero attached hydrogens (tertiary/aromatic N) is 4. The zero-order valence-corrected chi connectivity index (χ0v) is 14.1. The van der Waals surface area contributed by atoms with Crippen LogP contribution in [0.2, 0.25) is 0 Å². The molecule has 0 radical (unpaired) electrons. The maximum absolute atomic E-state index is 9.68. The van der Waals surface area contributed by atoms with Crippen LogP contribution < -0.4 is 0 Å². The first-order chi connectivity index (χ1) is 12.1. The van der Waals surface area contributed by atoms with E-state index in [-0.39, 0.29) is 5.75 Å². The van der Waals surface area contributed by atoms with Crippen LogP contribution in [0.3, 0.4) is 0 Å². The number of rotatable bonds is 4. The molecule has 0 aliphatic carbocycles. The van der Waals surface area contributed by atoms with Gasteiger partial charge in [-0.3, -0.25) is 0 Å². The summed E-state index contributed by atoms with van der Waals surface area (Å²) in [5.41, 5.74) is 4.75. The molecule has 0 saturated carbocycles. The third kappa shape index (κ3) is 4.14. The van der Waals surface area contributed by atoms with Crippen molar-refractivity contribution in [1.29, 1.82) is 0 Å². The highest BCUT2D eigenvalue weighted by Gasteiger charge is 2.04. The average Bonchev–Trinajstić information content (AvgIpc) is 2.66. The summed E-state index contributed by atoms with van der Waals surface area (Å²) in [6.45, 7) is 3.77. The Balaban J connectivity index is 1.73. The maximum atomic E-state index is 9.68. The summed E-state index contributed by atoms with van der Waals surface area (Å²) in [6.07, 6.45) is 0. The third-order valence-corrected chi connectivity index (χ3v) is 3.89. The largest absolute Gasteiger partial charge is 0.508 e. The lowest BCUT2D eigenvalue weighted by atomic mass is 10.1. The second-order valence-electron chi connectivity index (χ2n) is 5.61. The molecule has 3 rings (SSSR count). The first kappa shape index (κ1) is 16.5. The fourth-order valence-electron chi connectivity index (χ4n) is 2.21. The van der Waals surface area contributed by atoms with Gasteiger partial charge in [0.25, 0.3) is 0 Å². The molecular weight excluding hydrogens is 312 g/mol. The Morgan fingerprint density at radius 3 is 1.68 bits per heavy atom. The Hall–Kier alpha value is -3.34. The van der Waals surface area contributed by atoms with Crippen molar-refractivity contribution in [2.75, 3.05) is 0 Å². The van der Waals surface area contributed by atoms with Gasteiger partial charge in [0.1, 0.15) is 5.75 Å². The lowest BCUT2D eigenvalue weighted by Gasteiger charge is -2.05. The van der Waals surface area contributed by atoms with E-state index in [1.165, 1.54) is 0 Å². The molecule has 0 aliphatic rings. The number of azo groups is 2. The van der Waals surface area contributed by atoms with Crippen LogP contribution in [0, 0.1) is 13.8 Å². The van der Waals surface area contributed by atoms with Crippen molar-refractivity contribution in [3.05, 3.63) is 77.9 Å². The van der Waals surface area contributed by atoms with Crippen LogP contribution in [0.15, 0.2) is 87.2 Å². The molecule has 0 unspecified atom stereocenters. The minimum atomic E-state index is 0.268. The van der Waals surface area contributed by atoms with Crippen LogP contribution in [0.1, 0.15) is 11.1 Å². The summed E-state index contributed by atoms with van der Waals surface area (Å²) in [7, 11) is 0. The van der Waals surface area contributed by atoms with E-state index in [4.69, 9.17) is 0 Å². The van der Waals surface area contributed by atoms with Crippen LogP contribution in [0.25, 0.3) is 0 Å². The van der Waals surface area contributed by atoms with E-state index in [9.17, 15) is 5.11 Å². The molecule has 0 heterocycles. The monoisotopic (exact) mass is 330 g/mol. The van der Waals surface area contributed by atoms with Crippen molar-refractivity contribution < 1.29 is 5.11 Å². The molecule has 0 aromatic heterocycles. The van der Waals surface area contributed by atoms with Crippen molar-refractivity contribution in [3.63, 3.8) is 0 Å². The minimum absolute atomic E-state index is 0.268. The fourth-order valence-corrected chi connectivity index (χ4v) is 2.21. The molecule has 5 nitrogen and oxygen atoms in total. The zero-order chi connectivity index (χ0) is 17.6. The number of aromatic hydroxyl groups is 1. The van der Waals surface area contributed by atoms with E-state index in [0.29, 0.717) is 0 Å². The van der Waals surface area contributed by atoms with Gasteiger partial charge >= 0.3 is 0 Å². The first-order valence-corrected chi connectivity index (χ1v) is 7.91. The molecule has 0 aliphatic heterocycles. The molecule has 3 aromatic carbocycles. The van der Waals surface area contributed by atoms with Crippen LogP contribution in [0.5, 0.6) is 5.75 Å². The fraction of sp³-hybridized carbons (Fsp3) is 0.100. The van der Waals surface area contributed by atoms with Gasteiger partial charge in [0.15, 0.2) is 0 Å². The highest BCUT2D eigenvalue weighted by molar-refractivity contribution is 5.54. The van der Waals surface area contributed by atoms with E-state index >= 15 is 0 Å². The van der Waals surface area contributed by atoms with E-state index in [0.717, 1.165) is 33.9 Å². The standard InChI is InChI=1S/C20H18N4O/c1-14-15(2)20(25)13-12-19(14)24-23-18-10-8-17(9-11-18)22-21-16-6-4-3-5-7-16/h3-13,25H,1-2H3. The molecule has 25 heavy (non-hydrogen) atoms. The molecule has 1 N–H and O–H groups in total. The van der Waals surface area contributed by atoms with Gasteiger partial charge < -0.3 is 5.11 Å². The van der Waals surface area contributed by atoms with Gasteiger partial charge in [0, 0.05) is 0 Å². The van der Waals surface area contributed by atoms with Crippen molar-refractivity contribution in [2.24, 2.45) is 20.5 Å². The highest BCUT2D eigenvalue weighted by atomic mass is 16.3. The lowest BCUT2D eigenvalue weighted by molar-refractivity contribution is 0.470. The maximum Gasteiger partial charge on any atom is 0.118 e. The van der Waals surface area contributed by atoms with Crippen LogP contribution in [0.4, 0.5) is 22.7 Å². The van der Waals surface area contributed by atoms with Gasteiger partial charge in [-0.1, -0.05) is 18.2 Å². The molecular formula is C20H18N4O. The molecule has 0 atom stereocenters. The quantitative estimate of drug-likeness (QED) is 0.523. The topological polar surface area (TPSA) is 69.7 Å². The molecule has 5 heteroatoms. The Morgan fingerprint density at radius 1 is 0.560 bits per heavy atom. The Labute approximate surface area is 146 Å². The van der Waals surface area contributed by atoms with E-state index in [1.54, 1.807) is 12.1 Å². The Kier molecular flexibility index (Phi) is 4.95. The molecule has 0 amide bonds. The Bertz CT molecular complexity index is 916. The normalized spacial score (nSPS) is 11.4. The second-order valence-corrected chi connectivity index (χ2v) is 5.61. The van der Waals surface area contributed by atoms with Crippen molar-refractivity contribution in [1.82, 2.24) is 0 Å². The first-order valence-electron chi connectivity index (χ1n) is 7.91. The minimum Gasteiger partial charge on any atom is -0.508 e. The second kappa shape index (κ2) is 7.49. The molecule has 0 spiro atoms. The van der Waals surface area contributed by atoms with Gasteiger partial charge in [0.05, 0.1) is 22.7 Å². The summed E-state index contributed by atoms with van der Waals surface area (Å²) in [4.78, 5) is 0. The summed E-state index contributed by atoms with van der Waals surface area (Å²) in [5, 5.41) is 26.6. The molecule has 0 bridgehead atoms. The van der Waals surface area contributed by atoms with Gasteiger partial charge in [0.2, 0.25) is 0 Å². The smallest absolute Gasteiger partial charge is 0.118 e. The van der Waals surface area contributed by atoms with E-state index < -0.39 is 0 Å². The molecule has 3 aromatic rings. The van der Waals surface area contributed by atoms with Gasteiger partial charge in [-0.05, 0) is 73.5 Å². The van der Waals surface area contributed by atoms with Gasteiger partial charge in [-0.25, -0.2) is 0 Å². The van der Waals surface area contributed by atoms with Crippen LogP contribution in [-0.2, 0) is 0 Å². The summed E-state index contributed by atoms with van der Waals surface area (Å²) < 4.78 is 0. The number of hydrogen-bond donors (Lipinski definition) is 1. The van der Waals surface area contributed by atoms with Gasteiger partial charge in [-0.15, -0.1) is 0 Å². The predicted octanol–water partition coefficient (Wildman–Crippen LogP) is 6.84. The van der Waals surface area contributed by atoms with E-state index in [1.807, 2.05) is 68.4 Å². The van der Waals surface area contributed by atoms with Crippen molar-refractivity contribution in [2.45, 2.75) is 13.8 Å². The predicted molar refractivity (Wildman–Crippen MR) is 98.8 cm³/mol. The lowest BCUT2D eigenvalue weighted by Crippen LogP contribution is -1.81. The summed E-state index contributed by atoms with van der Waals surface area (Å²) in [6, 6.07) is 20.3. The average molecular weight is 330 g/mol. The number of phenolic OH excluding ortho intramolecular Hbond substituents is 1. The zero-order valence-electron chi connectivity index (χ0n) is 14.1. The summed E-state index contributed by atoms with van der Waals surface area (Å²) >= 11 is 0. The van der Waals surface area contributed by atoms with Crippen molar-refractivity contribution >= 4 is 22.7 Å². The van der Waals surface area contributed by atoms with Crippen LogP contribution >= 0.6 is 0 Å². The number of benzene rings is 3. The summed E-state index contributed by atoms with van der Waals surface area (Å²) in [5.74, 6) is 0.268.